The van der Waals surface area contributed by atoms with Crippen molar-refractivity contribution >= 4 is 27.6 Å². The Labute approximate surface area is 169 Å². The number of sulfonamides is 1. The molecule has 0 aromatic heterocycles. The van der Waals surface area contributed by atoms with Crippen molar-refractivity contribution in [2.24, 2.45) is 0 Å². The highest BCUT2D eigenvalue weighted by Crippen LogP contribution is 2.19. The first-order valence-corrected chi connectivity index (χ1v) is 10.6. The Hall–Kier alpha value is -2.75. The molecule has 29 heavy (non-hydrogen) atoms. The lowest BCUT2D eigenvalue weighted by atomic mass is 10.2. The van der Waals surface area contributed by atoms with Gasteiger partial charge in [0.1, 0.15) is 0 Å². The molecule has 9 heteroatoms. The Kier molecular flexibility index (Phi) is 6.63. The van der Waals surface area contributed by atoms with Gasteiger partial charge in [-0.15, -0.1) is 0 Å². The van der Waals surface area contributed by atoms with Gasteiger partial charge >= 0.3 is 5.97 Å². The van der Waals surface area contributed by atoms with E-state index in [0.29, 0.717) is 18.9 Å². The third-order valence-corrected chi connectivity index (χ3v) is 6.27. The Morgan fingerprint density at radius 3 is 2.45 bits per heavy atom. The second-order valence-corrected chi connectivity index (χ2v) is 8.39. The summed E-state index contributed by atoms with van der Waals surface area (Å²) in [5, 5.41) is 2.65. The largest absolute Gasteiger partial charge is 0.449 e. The lowest BCUT2D eigenvalue weighted by Gasteiger charge is -2.26. The number of para-hydroxylation sites is 1. The van der Waals surface area contributed by atoms with Crippen LogP contribution in [-0.4, -0.2) is 57.0 Å². The molecule has 1 amide bonds. The highest BCUT2D eigenvalue weighted by Gasteiger charge is 2.27. The van der Waals surface area contributed by atoms with Gasteiger partial charge in [0.2, 0.25) is 10.0 Å². The van der Waals surface area contributed by atoms with Gasteiger partial charge in [0.05, 0.1) is 23.7 Å². The third-order valence-electron chi connectivity index (χ3n) is 4.37. The van der Waals surface area contributed by atoms with E-state index >= 15 is 0 Å². The van der Waals surface area contributed by atoms with Crippen LogP contribution < -0.4 is 5.32 Å². The number of amides is 1. The van der Waals surface area contributed by atoms with Gasteiger partial charge in [-0.3, -0.25) is 4.79 Å². The summed E-state index contributed by atoms with van der Waals surface area (Å²) in [5.74, 6) is -1.26. The summed E-state index contributed by atoms with van der Waals surface area (Å²) in [6.45, 7) is 2.62. The van der Waals surface area contributed by atoms with Crippen LogP contribution in [0.25, 0.3) is 0 Å². The zero-order valence-electron chi connectivity index (χ0n) is 15.9. The molecule has 8 nitrogen and oxygen atoms in total. The Balaban J connectivity index is 1.68. The molecule has 1 fully saturated rings. The van der Waals surface area contributed by atoms with Crippen LogP contribution in [0.1, 0.15) is 17.3 Å². The number of ether oxygens (including phenoxy) is 2. The van der Waals surface area contributed by atoms with E-state index in [2.05, 4.69) is 5.32 Å². The standard InChI is InChI=1S/C20H22N2O6S/c1-15(19(23)21-17-7-3-2-4-8-17)28-20(24)16-6-5-9-18(14-16)29(25,26)22-10-12-27-13-11-22/h2-9,14-15H,10-13H2,1H3,(H,21,23)/t15-/m0/s1. The van der Waals surface area contributed by atoms with E-state index in [4.69, 9.17) is 9.47 Å². The molecule has 0 spiro atoms. The van der Waals surface area contributed by atoms with E-state index in [0.717, 1.165) is 0 Å². The minimum Gasteiger partial charge on any atom is -0.449 e. The van der Waals surface area contributed by atoms with E-state index in [1.807, 2.05) is 6.07 Å². The molecule has 1 saturated heterocycles. The van der Waals surface area contributed by atoms with Crippen LogP contribution in [0.15, 0.2) is 59.5 Å². The fraction of sp³-hybridized carbons (Fsp3) is 0.300. The smallest absolute Gasteiger partial charge is 0.338 e. The van der Waals surface area contributed by atoms with Gasteiger partial charge < -0.3 is 14.8 Å². The average Bonchev–Trinajstić information content (AvgIpc) is 2.75. The summed E-state index contributed by atoms with van der Waals surface area (Å²) < 4.78 is 37.2. The highest BCUT2D eigenvalue weighted by atomic mass is 32.2. The molecule has 0 saturated carbocycles. The molecule has 2 aromatic carbocycles. The number of anilines is 1. The van der Waals surface area contributed by atoms with Gasteiger partial charge in [-0.1, -0.05) is 24.3 Å². The summed E-state index contributed by atoms with van der Waals surface area (Å²) in [7, 11) is -3.74. The minimum absolute atomic E-state index is 0.00441. The van der Waals surface area contributed by atoms with Crippen LogP contribution >= 0.6 is 0 Å². The number of carbonyl (C=O) groups excluding carboxylic acids is 2. The maximum atomic E-state index is 12.7. The molecule has 1 aliphatic heterocycles. The van der Waals surface area contributed by atoms with Crippen molar-refractivity contribution in [2.45, 2.75) is 17.9 Å². The maximum Gasteiger partial charge on any atom is 0.338 e. The third kappa shape index (κ3) is 5.20. The molecule has 1 atom stereocenters. The number of nitrogens with one attached hydrogen (secondary N) is 1. The first kappa shape index (κ1) is 21.0. The maximum absolute atomic E-state index is 12.7. The van der Waals surface area contributed by atoms with Crippen LogP contribution in [0, 0.1) is 0 Å². The van der Waals surface area contributed by atoms with Gasteiger partial charge in [-0.25, -0.2) is 13.2 Å². The van der Waals surface area contributed by atoms with Gasteiger partial charge in [0.25, 0.3) is 5.91 Å². The summed E-state index contributed by atoms with van der Waals surface area (Å²) in [6, 6.07) is 14.4. The topological polar surface area (TPSA) is 102 Å². The fourth-order valence-electron chi connectivity index (χ4n) is 2.77. The van der Waals surface area contributed by atoms with Crippen LogP contribution in [-0.2, 0) is 24.3 Å². The summed E-state index contributed by atoms with van der Waals surface area (Å²) in [6.07, 6.45) is -1.05. The quantitative estimate of drug-likeness (QED) is 0.719. The first-order chi connectivity index (χ1) is 13.9. The van der Waals surface area contributed by atoms with Crippen molar-refractivity contribution in [3.63, 3.8) is 0 Å². The monoisotopic (exact) mass is 418 g/mol. The molecule has 1 N–H and O–H groups in total. The highest BCUT2D eigenvalue weighted by molar-refractivity contribution is 7.89. The number of morpholine rings is 1. The van der Waals surface area contributed by atoms with Gasteiger partial charge in [0, 0.05) is 18.8 Å². The molecular formula is C20H22N2O6S. The zero-order chi connectivity index (χ0) is 20.9. The van der Waals surface area contributed by atoms with Crippen molar-refractivity contribution in [2.75, 3.05) is 31.6 Å². The second-order valence-electron chi connectivity index (χ2n) is 6.45. The molecule has 1 aliphatic rings. The van der Waals surface area contributed by atoms with Crippen molar-refractivity contribution < 1.29 is 27.5 Å². The van der Waals surface area contributed by atoms with E-state index in [-0.39, 0.29) is 23.5 Å². The molecule has 3 rings (SSSR count). The normalized spacial score (nSPS) is 16.0. The van der Waals surface area contributed by atoms with Crippen LogP contribution in [0.2, 0.25) is 0 Å². The molecule has 2 aromatic rings. The Bertz CT molecular complexity index is 971. The second kappa shape index (κ2) is 9.17. The number of benzene rings is 2. The number of carbonyl (C=O) groups is 2. The number of rotatable bonds is 6. The predicted molar refractivity (Wildman–Crippen MR) is 106 cm³/mol. The lowest BCUT2D eigenvalue weighted by Crippen LogP contribution is -2.40. The van der Waals surface area contributed by atoms with Crippen molar-refractivity contribution in [3.05, 3.63) is 60.2 Å². The van der Waals surface area contributed by atoms with Crippen molar-refractivity contribution in [1.29, 1.82) is 0 Å². The van der Waals surface area contributed by atoms with E-state index in [1.54, 1.807) is 24.3 Å². The Morgan fingerprint density at radius 2 is 1.76 bits per heavy atom. The summed E-state index contributed by atoms with van der Waals surface area (Å²) >= 11 is 0. The van der Waals surface area contributed by atoms with Crippen LogP contribution in [0.5, 0.6) is 0 Å². The predicted octanol–water partition coefficient (Wildman–Crippen LogP) is 1.89. The van der Waals surface area contributed by atoms with Crippen molar-refractivity contribution in [1.82, 2.24) is 4.31 Å². The first-order valence-electron chi connectivity index (χ1n) is 9.13. The van der Waals surface area contributed by atoms with E-state index in [1.165, 1.54) is 35.5 Å². The molecule has 0 unspecified atom stereocenters. The number of nitrogens with zero attached hydrogens (tertiary/aromatic N) is 1. The van der Waals surface area contributed by atoms with Crippen molar-refractivity contribution in [3.8, 4) is 0 Å². The van der Waals surface area contributed by atoms with Gasteiger partial charge in [0.15, 0.2) is 6.10 Å². The molecule has 1 heterocycles. The molecule has 0 bridgehead atoms. The zero-order valence-corrected chi connectivity index (χ0v) is 16.7. The minimum atomic E-state index is -3.74. The fourth-order valence-corrected chi connectivity index (χ4v) is 4.22. The number of hydrogen-bond donors (Lipinski definition) is 1. The van der Waals surface area contributed by atoms with Gasteiger partial charge in [-0.2, -0.15) is 4.31 Å². The van der Waals surface area contributed by atoms with Gasteiger partial charge in [-0.05, 0) is 37.3 Å². The number of hydrogen-bond acceptors (Lipinski definition) is 6. The lowest BCUT2D eigenvalue weighted by molar-refractivity contribution is -0.123. The number of esters is 1. The molecular weight excluding hydrogens is 396 g/mol. The summed E-state index contributed by atoms with van der Waals surface area (Å²) in [5.41, 5.74) is 0.637. The summed E-state index contributed by atoms with van der Waals surface area (Å²) in [4.78, 5) is 24.6. The van der Waals surface area contributed by atoms with E-state index in [9.17, 15) is 18.0 Å². The molecule has 154 valence electrons. The van der Waals surface area contributed by atoms with Crippen LogP contribution in [0.3, 0.4) is 0 Å². The molecule has 0 aliphatic carbocycles. The Morgan fingerprint density at radius 1 is 1.07 bits per heavy atom. The SMILES string of the molecule is C[C@H](OC(=O)c1cccc(S(=O)(=O)N2CCOCC2)c1)C(=O)Nc1ccccc1. The molecule has 0 radical (unpaired) electrons. The van der Waals surface area contributed by atoms with Crippen LogP contribution in [0.4, 0.5) is 5.69 Å². The average molecular weight is 418 g/mol. The van der Waals surface area contributed by atoms with E-state index < -0.39 is 28.0 Å².